The van der Waals surface area contributed by atoms with Crippen LogP contribution in [0.4, 0.5) is 0 Å². The van der Waals surface area contributed by atoms with Crippen molar-refractivity contribution in [1.29, 1.82) is 0 Å². The Bertz CT molecular complexity index is 1320. The average molecular weight is 475 g/mol. The van der Waals surface area contributed by atoms with Gasteiger partial charge in [-0.15, -0.1) is 5.10 Å². The molecular weight excluding hydrogens is 440 g/mol. The topological polar surface area (TPSA) is 92.8 Å². The van der Waals surface area contributed by atoms with Gasteiger partial charge in [-0.3, -0.25) is 9.69 Å². The van der Waals surface area contributed by atoms with Gasteiger partial charge in [-0.1, -0.05) is 44.7 Å². The molecule has 3 heterocycles. The van der Waals surface area contributed by atoms with E-state index in [2.05, 4.69) is 58.3 Å². The van der Waals surface area contributed by atoms with Gasteiger partial charge in [0, 0.05) is 23.7 Å². The maximum Gasteiger partial charge on any atom is 0.252 e. The van der Waals surface area contributed by atoms with Gasteiger partial charge in [0.1, 0.15) is 12.3 Å². The van der Waals surface area contributed by atoms with Gasteiger partial charge in [-0.05, 0) is 71.8 Å². The Morgan fingerprint density at radius 2 is 2.00 bits per heavy atom. The first-order chi connectivity index (χ1) is 17.0. The van der Waals surface area contributed by atoms with Crippen molar-refractivity contribution in [3.8, 4) is 0 Å². The van der Waals surface area contributed by atoms with Crippen molar-refractivity contribution < 1.29 is 4.42 Å². The van der Waals surface area contributed by atoms with Crippen molar-refractivity contribution in [3.05, 3.63) is 75.7 Å². The van der Waals surface area contributed by atoms with Crippen molar-refractivity contribution in [1.82, 2.24) is 30.1 Å². The predicted octanol–water partition coefficient (Wildman–Crippen LogP) is 5.00. The van der Waals surface area contributed by atoms with Gasteiger partial charge >= 0.3 is 0 Å². The fraction of sp³-hybridized carbons (Fsp3) is 0.481. The zero-order valence-corrected chi connectivity index (χ0v) is 20.8. The summed E-state index contributed by atoms with van der Waals surface area (Å²) in [6.07, 6.45) is 7.58. The van der Waals surface area contributed by atoms with E-state index in [1.807, 2.05) is 28.9 Å². The highest BCUT2D eigenvalue weighted by molar-refractivity contribution is 5.79. The predicted molar refractivity (Wildman–Crippen MR) is 135 cm³/mol. The van der Waals surface area contributed by atoms with Gasteiger partial charge in [0.25, 0.3) is 5.56 Å². The molecule has 0 radical (unpaired) electrons. The lowest BCUT2D eigenvalue weighted by atomic mass is 9.90. The minimum atomic E-state index is -0.0318. The normalized spacial score (nSPS) is 15.9. The lowest BCUT2D eigenvalue weighted by Gasteiger charge is -2.41. The Morgan fingerprint density at radius 1 is 1.17 bits per heavy atom. The van der Waals surface area contributed by atoms with Crippen molar-refractivity contribution in [3.63, 3.8) is 0 Å². The average Bonchev–Trinajstić information content (AvgIpc) is 3.52. The molecule has 4 aromatic rings. The molecule has 184 valence electrons. The summed E-state index contributed by atoms with van der Waals surface area (Å²) in [5, 5.41) is 13.9. The molecule has 1 aromatic carbocycles. The van der Waals surface area contributed by atoms with Crippen LogP contribution < -0.4 is 5.56 Å². The molecule has 0 spiro atoms. The number of rotatable bonds is 8. The van der Waals surface area contributed by atoms with Crippen LogP contribution in [-0.2, 0) is 13.1 Å². The number of furan rings is 1. The van der Waals surface area contributed by atoms with Crippen molar-refractivity contribution >= 4 is 10.9 Å². The van der Waals surface area contributed by atoms with E-state index in [0.717, 1.165) is 40.9 Å². The molecule has 1 aliphatic carbocycles. The standard InChI is InChI=1S/C27H34N6O2/c1-18(2)25(26-29-30-31-33(26)17-23-10-7-13-35-23)32(22-8-5-4-6-9-22)16-21-15-20-14-19(3)11-12-24(20)28-27(21)34/h7,10-15,18,22,25H,4-6,8-9,16-17H2,1-3H3,(H,28,34)/t25-/m0/s1. The maximum atomic E-state index is 13.2. The van der Waals surface area contributed by atoms with Gasteiger partial charge in [-0.2, -0.15) is 0 Å². The molecule has 0 bridgehead atoms. The molecule has 35 heavy (non-hydrogen) atoms. The minimum absolute atomic E-state index is 0.0279. The Hall–Kier alpha value is -3.26. The number of hydrogen-bond acceptors (Lipinski definition) is 6. The summed E-state index contributed by atoms with van der Waals surface area (Å²) in [5.74, 6) is 1.88. The van der Waals surface area contributed by atoms with E-state index < -0.39 is 0 Å². The second-order valence-electron chi connectivity index (χ2n) is 10.1. The smallest absolute Gasteiger partial charge is 0.252 e. The molecule has 3 aromatic heterocycles. The minimum Gasteiger partial charge on any atom is -0.467 e. The summed E-state index contributed by atoms with van der Waals surface area (Å²) in [6.45, 7) is 7.53. The molecule has 0 unspecified atom stereocenters. The number of tetrazole rings is 1. The highest BCUT2D eigenvalue weighted by Gasteiger charge is 2.35. The fourth-order valence-corrected chi connectivity index (χ4v) is 5.47. The van der Waals surface area contributed by atoms with Crippen molar-refractivity contribution in [2.45, 2.75) is 78.0 Å². The summed E-state index contributed by atoms with van der Waals surface area (Å²) in [5.41, 5.74) is 2.80. The zero-order chi connectivity index (χ0) is 24.4. The van der Waals surface area contributed by atoms with Crippen LogP contribution in [0.15, 0.2) is 51.9 Å². The van der Waals surface area contributed by atoms with Crippen LogP contribution in [0.5, 0.6) is 0 Å². The van der Waals surface area contributed by atoms with Gasteiger partial charge in [0.2, 0.25) is 0 Å². The third-order valence-electron chi connectivity index (χ3n) is 7.17. The SMILES string of the molecule is Cc1ccc2[nH]c(=O)c(CN(C3CCCCC3)[C@H](c3nnnn3Cc3ccco3)C(C)C)cc2c1. The number of H-pyrrole nitrogens is 1. The van der Waals surface area contributed by atoms with Crippen LogP contribution in [0.2, 0.25) is 0 Å². The Labute approximate surface area is 205 Å². The van der Waals surface area contributed by atoms with E-state index in [1.54, 1.807) is 6.26 Å². The molecule has 0 amide bonds. The largest absolute Gasteiger partial charge is 0.467 e. The van der Waals surface area contributed by atoms with Gasteiger partial charge in [0.05, 0.1) is 12.3 Å². The molecule has 0 aliphatic heterocycles. The molecule has 0 saturated heterocycles. The van der Waals surface area contributed by atoms with Crippen LogP contribution in [0.1, 0.15) is 74.7 Å². The van der Waals surface area contributed by atoms with Crippen LogP contribution in [-0.4, -0.2) is 36.1 Å². The molecule has 1 N–H and O–H groups in total. The van der Waals surface area contributed by atoms with E-state index in [4.69, 9.17) is 4.42 Å². The Morgan fingerprint density at radius 3 is 2.74 bits per heavy atom. The molecule has 8 nitrogen and oxygen atoms in total. The maximum absolute atomic E-state index is 13.2. The van der Waals surface area contributed by atoms with E-state index in [0.29, 0.717) is 19.1 Å². The van der Waals surface area contributed by atoms with E-state index >= 15 is 0 Å². The molecule has 1 aliphatic rings. The quantitative estimate of drug-likeness (QED) is 0.386. The molecule has 1 saturated carbocycles. The van der Waals surface area contributed by atoms with Crippen LogP contribution >= 0.6 is 0 Å². The number of hydrogen-bond donors (Lipinski definition) is 1. The molecule has 8 heteroatoms. The second-order valence-corrected chi connectivity index (χ2v) is 10.1. The van der Waals surface area contributed by atoms with Gasteiger partial charge in [-0.25, -0.2) is 4.68 Å². The molecule has 5 rings (SSSR count). The van der Waals surface area contributed by atoms with Crippen LogP contribution in [0.25, 0.3) is 10.9 Å². The first-order valence-corrected chi connectivity index (χ1v) is 12.7. The summed E-state index contributed by atoms with van der Waals surface area (Å²) in [4.78, 5) is 18.7. The van der Waals surface area contributed by atoms with Crippen LogP contribution in [0.3, 0.4) is 0 Å². The Kier molecular flexibility index (Phi) is 6.81. The lowest BCUT2D eigenvalue weighted by Crippen LogP contribution is -2.43. The monoisotopic (exact) mass is 474 g/mol. The van der Waals surface area contributed by atoms with E-state index in [-0.39, 0.29) is 17.5 Å². The first kappa shape index (κ1) is 23.5. The highest BCUT2D eigenvalue weighted by atomic mass is 16.3. The number of nitrogens with zero attached hydrogens (tertiary/aromatic N) is 5. The van der Waals surface area contributed by atoms with Crippen molar-refractivity contribution in [2.24, 2.45) is 5.92 Å². The van der Waals surface area contributed by atoms with Gasteiger partial charge in [0.15, 0.2) is 5.82 Å². The van der Waals surface area contributed by atoms with E-state index in [1.165, 1.54) is 24.8 Å². The summed E-state index contributed by atoms with van der Waals surface area (Å²) >= 11 is 0. The number of aryl methyl sites for hydroxylation is 1. The van der Waals surface area contributed by atoms with Gasteiger partial charge < -0.3 is 9.40 Å². The van der Waals surface area contributed by atoms with Crippen LogP contribution in [0, 0.1) is 12.8 Å². The van der Waals surface area contributed by atoms with Crippen molar-refractivity contribution in [2.75, 3.05) is 0 Å². The third kappa shape index (κ3) is 5.07. The number of pyridine rings is 1. The fourth-order valence-electron chi connectivity index (χ4n) is 5.47. The second kappa shape index (κ2) is 10.2. The number of benzene rings is 1. The third-order valence-corrected chi connectivity index (χ3v) is 7.17. The molecule has 1 fully saturated rings. The van der Waals surface area contributed by atoms with E-state index in [9.17, 15) is 4.79 Å². The summed E-state index contributed by atoms with van der Waals surface area (Å²) < 4.78 is 7.41. The molecule has 1 atom stereocenters. The number of aromatic nitrogens is 5. The summed E-state index contributed by atoms with van der Waals surface area (Å²) in [6, 6.07) is 12.3. The lowest BCUT2D eigenvalue weighted by molar-refractivity contribution is 0.0610. The number of nitrogens with one attached hydrogen (secondary N) is 1. The number of aromatic amines is 1. The first-order valence-electron chi connectivity index (χ1n) is 12.7. The summed E-state index contributed by atoms with van der Waals surface area (Å²) in [7, 11) is 0. The Balaban J connectivity index is 1.54. The molecular formula is C27H34N6O2. The zero-order valence-electron chi connectivity index (χ0n) is 20.8. The highest BCUT2D eigenvalue weighted by Crippen LogP contribution is 2.35. The number of fused-ring (bicyclic) bond motifs is 1.